The van der Waals surface area contributed by atoms with Crippen molar-refractivity contribution in [3.8, 4) is 0 Å². The molecule has 2 N–H and O–H groups in total. The number of piperazine rings is 1. The van der Waals surface area contributed by atoms with Crippen molar-refractivity contribution in [3.05, 3.63) is 0 Å². The van der Waals surface area contributed by atoms with Crippen molar-refractivity contribution in [2.75, 3.05) is 26.2 Å². The Morgan fingerprint density at radius 3 is 2.41 bits per heavy atom. The fourth-order valence-electron chi connectivity index (χ4n) is 1.78. The summed E-state index contributed by atoms with van der Waals surface area (Å²) < 4.78 is 0. The van der Waals surface area contributed by atoms with Crippen LogP contribution in [-0.2, 0) is 9.59 Å². The van der Waals surface area contributed by atoms with Gasteiger partial charge in [0, 0.05) is 32.2 Å². The van der Waals surface area contributed by atoms with Crippen LogP contribution in [0.15, 0.2) is 0 Å². The van der Waals surface area contributed by atoms with Crippen molar-refractivity contribution < 1.29 is 9.59 Å². The standard InChI is InChI=1S/C12H23N3O2/c1-4-9(2)10(3)14-11(16)12(17)15-7-5-13-6-8-15/h9-10,13H,4-8H2,1-3H3,(H,14,16). The van der Waals surface area contributed by atoms with Crippen LogP contribution < -0.4 is 10.6 Å². The first-order chi connectivity index (χ1) is 8.06. The molecule has 0 saturated carbocycles. The average molecular weight is 241 g/mol. The Balaban J connectivity index is 2.43. The van der Waals surface area contributed by atoms with Gasteiger partial charge in [-0.05, 0) is 12.8 Å². The van der Waals surface area contributed by atoms with E-state index in [0.717, 1.165) is 19.5 Å². The van der Waals surface area contributed by atoms with Crippen molar-refractivity contribution in [2.24, 2.45) is 5.92 Å². The maximum Gasteiger partial charge on any atom is 0.311 e. The third-order valence-corrected chi connectivity index (χ3v) is 3.45. The minimum Gasteiger partial charge on any atom is -0.345 e. The molecule has 0 aliphatic carbocycles. The number of hydrogen-bond donors (Lipinski definition) is 2. The fourth-order valence-corrected chi connectivity index (χ4v) is 1.78. The maximum absolute atomic E-state index is 11.8. The molecule has 0 bridgehead atoms. The van der Waals surface area contributed by atoms with Gasteiger partial charge in [0.25, 0.3) is 0 Å². The van der Waals surface area contributed by atoms with Gasteiger partial charge in [-0.15, -0.1) is 0 Å². The highest BCUT2D eigenvalue weighted by Crippen LogP contribution is 2.06. The van der Waals surface area contributed by atoms with Crippen molar-refractivity contribution in [3.63, 3.8) is 0 Å². The number of nitrogens with zero attached hydrogens (tertiary/aromatic N) is 1. The number of carbonyl (C=O) groups is 2. The second-order valence-corrected chi connectivity index (χ2v) is 4.69. The molecule has 1 aliphatic rings. The minimum absolute atomic E-state index is 0.0411. The monoisotopic (exact) mass is 241 g/mol. The van der Waals surface area contributed by atoms with Crippen LogP contribution in [0.5, 0.6) is 0 Å². The second-order valence-electron chi connectivity index (χ2n) is 4.69. The highest BCUT2D eigenvalue weighted by Gasteiger charge is 2.25. The number of rotatable bonds is 3. The molecule has 1 fully saturated rings. The molecule has 98 valence electrons. The fraction of sp³-hybridized carbons (Fsp3) is 0.833. The van der Waals surface area contributed by atoms with E-state index in [0.29, 0.717) is 19.0 Å². The third-order valence-electron chi connectivity index (χ3n) is 3.45. The van der Waals surface area contributed by atoms with E-state index in [-0.39, 0.29) is 6.04 Å². The van der Waals surface area contributed by atoms with Gasteiger partial charge in [-0.3, -0.25) is 9.59 Å². The normalized spacial score (nSPS) is 19.6. The van der Waals surface area contributed by atoms with E-state index in [1.807, 2.05) is 6.92 Å². The maximum atomic E-state index is 11.8. The molecule has 1 heterocycles. The van der Waals surface area contributed by atoms with Crippen LogP contribution >= 0.6 is 0 Å². The lowest BCUT2D eigenvalue weighted by Crippen LogP contribution is -2.52. The summed E-state index contributed by atoms with van der Waals surface area (Å²) in [7, 11) is 0. The number of nitrogens with one attached hydrogen (secondary N) is 2. The summed E-state index contributed by atoms with van der Waals surface area (Å²) in [5.41, 5.74) is 0. The molecule has 0 spiro atoms. The molecule has 5 nitrogen and oxygen atoms in total. The Hall–Kier alpha value is -1.10. The van der Waals surface area contributed by atoms with Gasteiger partial charge in [-0.1, -0.05) is 20.3 Å². The Bertz CT molecular complexity index is 275. The summed E-state index contributed by atoms with van der Waals surface area (Å²) >= 11 is 0. The molecule has 17 heavy (non-hydrogen) atoms. The molecule has 1 rings (SSSR count). The number of hydrogen-bond acceptors (Lipinski definition) is 3. The van der Waals surface area contributed by atoms with Crippen molar-refractivity contribution in [1.82, 2.24) is 15.5 Å². The second kappa shape index (κ2) is 6.59. The van der Waals surface area contributed by atoms with E-state index in [9.17, 15) is 9.59 Å². The minimum atomic E-state index is -0.472. The van der Waals surface area contributed by atoms with E-state index >= 15 is 0 Å². The van der Waals surface area contributed by atoms with E-state index in [4.69, 9.17) is 0 Å². The third kappa shape index (κ3) is 4.00. The average Bonchev–Trinajstić information content (AvgIpc) is 2.37. The first kappa shape index (κ1) is 14.0. The van der Waals surface area contributed by atoms with Gasteiger partial charge in [0.1, 0.15) is 0 Å². The molecule has 2 atom stereocenters. The number of amides is 2. The molecular weight excluding hydrogens is 218 g/mol. The van der Waals surface area contributed by atoms with Crippen LogP contribution in [-0.4, -0.2) is 48.9 Å². The molecule has 0 aromatic carbocycles. The van der Waals surface area contributed by atoms with Crippen molar-refractivity contribution >= 4 is 11.8 Å². The SMILES string of the molecule is CCC(C)C(C)NC(=O)C(=O)N1CCNCC1. The number of carbonyl (C=O) groups excluding carboxylic acids is 2. The van der Waals surface area contributed by atoms with Crippen LogP contribution in [0.4, 0.5) is 0 Å². The lowest BCUT2D eigenvalue weighted by Gasteiger charge is -2.28. The Labute approximate surface area is 103 Å². The predicted octanol–water partition coefficient (Wildman–Crippen LogP) is -0.0310. The molecule has 2 amide bonds. The predicted molar refractivity (Wildman–Crippen MR) is 66.5 cm³/mol. The molecule has 1 saturated heterocycles. The zero-order valence-electron chi connectivity index (χ0n) is 11.0. The van der Waals surface area contributed by atoms with E-state index < -0.39 is 11.8 Å². The van der Waals surface area contributed by atoms with Crippen LogP contribution in [0.2, 0.25) is 0 Å². The summed E-state index contributed by atoms with van der Waals surface area (Å²) in [6, 6.07) is 0.0411. The first-order valence-corrected chi connectivity index (χ1v) is 6.36. The van der Waals surface area contributed by atoms with Crippen LogP contribution in [0.25, 0.3) is 0 Å². The quantitative estimate of drug-likeness (QED) is 0.682. The molecule has 1 aliphatic heterocycles. The summed E-state index contributed by atoms with van der Waals surface area (Å²) in [5.74, 6) is -0.490. The van der Waals surface area contributed by atoms with E-state index in [2.05, 4.69) is 24.5 Å². The largest absolute Gasteiger partial charge is 0.345 e. The van der Waals surface area contributed by atoms with Crippen LogP contribution in [0.3, 0.4) is 0 Å². The molecule has 0 radical (unpaired) electrons. The highest BCUT2D eigenvalue weighted by atomic mass is 16.2. The smallest absolute Gasteiger partial charge is 0.311 e. The van der Waals surface area contributed by atoms with Gasteiger partial charge in [-0.2, -0.15) is 0 Å². The van der Waals surface area contributed by atoms with E-state index in [1.165, 1.54) is 0 Å². The zero-order chi connectivity index (χ0) is 12.8. The van der Waals surface area contributed by atoms with Gasteiger partial charge in [0.15, 0.2) is 0 Å². The topological polar surface area (TPSA) is 61.4 Å². The highest BCUT2D eigenvalue weighted by molar-refractivity contribution is 6.35. The van der Waals surface area contributed by atoms with E-state index in [1.54, 1.807) is 4.90 Å². The summed E-state index contributed by atoms with van der Waals surface area (Å²) in [6.45, 7) is 8.84. The van der Waals surface area contributed by atoms with Crippen molar-refractivity contribution in [2.45, 2.75) is 33.2 Å². The zero-order valence-corrected chi connectivity index (χ0v) is 11.0. The van der Waals surface area contributed by atoms with Gasteiger partial charge in [0.05, 0.1) is 0 Å². The molecule has 2 unspecified atom stereocenters. The van der Waals surface area contributed by atoms with Gasteiger partial charge in [0.2, 0.25) is 0 Å². The summed E-state index contributed by atoms with van der Waals surface area (Å²) in [5, 5.41) is 5.93. The van der Waals surface area contributed by atoms with Crippen LogP contribution in [0.1, 0.15) is 27.2 Å². The lowest BCUT2D eigenvalue weighted by molar-refractivity contribution is -0.146. The van der Waals surface area contributed by atoms with Crippen LogP contribution in [0, 0.1) is 5.92 Å². The first-order valence-electron chi connectivity index (χ1n) is 6.36. The molecule has 0 aromatic heterocycles. The summed E-state index contributed by atoms with van der Waals surface area (Å²) in [4.78, 5) is 25.2. The molecule has 5 heteroatoms. The van der Waals surface area contributed by atoms with Gasteiger partial charge in [-0.25, -0.2) is 0 Å². The Morgan fingerprint density at radius 2 is 1.88 bits per heavy atom. The Morgan fingerprint density at radius 1 is 1.29 bits per heavy atom. The lowest BCUT2D eigenvalue weighted by atomic mass is 10.0. The molecule has 0 aromatic rings. The van der Waals surface area contributed by atoms with Gasteiger partial charge < -0.3 is 15.5 Å². The Kier molecular flexibility index (Phi) is 5.41. The molecular formula is C12H23N3O2. The summed E-state index contributed by atoms with van der Waals surface area (Å²) in [6.07, 6.45) is 0.989. The van der Waals surface area contributed by atoms with Crippen molar-refractivity contribution in [1.29, 1.82) is 0 Å². The van der Waals surface area contributed by atoms with Gasteiger partial charge >= 0.3 is 11.8 Å².